The van der Waals surface area contributed by atoms with Crippen molar-refractivity contribution in [2.45, 2.75) is 20.3 Å². The molecule has 0 spiro atoms. The summed E-state index contributed by atoms with van der Waals surface area (Å²) >= 11 is 0. The van der Waals surface area contributed by atoms with E-state index >= 15 is 0 Å². The highest BCUT2D eigenvalue weighted by Crippen LogP contribution is 2.41. The van der Waals surface area contributed by atoms with Gasteiger partial charge < -0.3 is 0 Å². The first kappa shape index (κ1) is 6.53. The minimum Gasteiger partial charge on any atom is -0.298 e. The molecule has 0 N–H and O–H groups in total. The van der Waals surface area contributed by atoms with Gasteiger partial charge in [0.15, 0.2) is 0 Å². The predicted molar refractivity (Wildman–Crippen MR) is 37.1 cm³/mol. The van der Waals surface area contributed by atoms with Crippen LogP contribution in [0.2, 0.25) is 0 Å². The Labute approximate surface area is 55.8 Å². The Bertz CT molecular complexity index is 160. The third-order valence-electron chi connectivity index (χ3n) is 2.19. The molecule has 1 rings (SSSR count). The van der Waals surface area contributed by atoms with Crippen LogP contribution >= 0.6 is 0 Å². The van der Waals surface area contributed by atoms with Crippen molar-refractivity contribution in [3.63, 3.8) is 0 Å². The maximum absolute atomic E-state index is 11.0. The standard InChI is InChI=1S/C8H12O/c1-4-8(3)5-6(2)7(8)9/h4,6H,1,5H2,2-3H3. The number of carbonyl (C=O) groups excluding carboxylic acids is 1. The monoisotopic (exact) mass is 124 g/mol. The van der Waals surface area contributed by atoms with Crippen molar-refractivity contribution >= 4 is 5.78 Å². The average Bonchev–Trinajstić information content (AvgIpc) is 1.87. The summed E-state index contributed by atoms with van der Waals surface area (Å²) in [5.74, 6) is 0.616. The summed E-state index contributed by atoms with van der Waals surface area (Å²) in [5.41, 5.74) is -0.181. The van der Waals surface area contributed by atoms with Gasteiger partial charge in [0.05, 0.1) is 0 Å². The van der Waals surface area contributed by atoms with Gasteiger partial charge in [0.2, 0.25) is 0 Å². The highest BCUT2D eigenvalue weighted by molar-refractivity contribution is 5.93. The van der Waals surface area contributed by atoms with E-state index in [0.717, 1.165) is 6.42 Å². The Balaban J connectivity index is 2.69. The van der Waals surface area contributed by atoms with E-state index in [4.69, 9.17) is 0 Å². The summed E-state index contributed by atoms with van der Waals surface area (Å²) in [6.45, 7) is 7.53. The SMILES string of the molecule is C=CC1(C)CC(C)C1=O. The van der Waals surface area contributed by atoms with Crippen molar-refractivity contribution in [2.75, 3.05) is 0 Å². The largest absolute Gasteiger partial charge is 0.298 e. The van der Waals surface area contributed by atoms with Gasteiger partial charge in [-0.25, -0.2) is 0 Å². The van der Waals surface area contributed by atoms with E-state index in [1.165, 1.54) is 0 Å². The molecule has 0 aromatic carbocycles. The molecule has 2 unspecified atom stereocenters. The minimum absolute atomic E-state index is 0.181. The second-order valence-electron chi connectivity index (χ2n) is 3.09. The first-order valence-electron chi connectivity index (χ1n) is 3.28. The van der Waals surface area contributed by atoms with Crippen LogP contribution in [0.4, 0.5) is 0 Å². The lowest BCUT2D eigenvalue weighted by Gasteiger charge is -2.38. The van der Waals surface area contributed by atoms with Crippen LogP contribution in [0, 0.1) is 11.3 Å². The third kappa shape index (κ3) is 0.716. The lowest BCUT2D eigenvalue weighted by atomic mass is 9.63. The summed E-state index contributed by atoms with van der Waals surface area (Å²) < 4.78 is 0. The second kappa shape index (κ2) is 1.69. The van der Waals surface area contributed by atoms with Gasteiger partial charge in [-0.05, 0) is 13.3 Å². The number of carbonyl (C=O) groups is 1. The topological polar surface area (TPSA) is 17.1 Å². The molecule has 50 valence electrons. The summed E-state index contributed by atoms with van der Waals surface area (Å²) in [5, 5.41) is 0. The molecule has 0 aromatic rings. The predicted octanol–water partition coefficient (Wildman–Crippen LogP) is 1.79. The fourth-order valence-corrected chi connectivity index (χ4v) is 1.45. The Morgan fingerprint density at radius 1 is 1.89 bits per heavy atom. The van der Waals surface area contributed by atoms with Gasteiger partial charge in [0.25, 0.3) is 0 Å². The zero-order valence-electron chi connectivity index (χ0n) is 5.98. The molecule has 0 radical (unpaired) electrons. The third-order valence-corrected chi connectivity index (χ3v) is 2.19. The van der Waals surface area contributed by atoms with Crippen LogP contribution < -0.4 is 0 Å². The fourth-order valence-electron chi connectivity index (χ4n) is 1.45. The highest BCUT2D eigenvalue weighted by atomic mass is 16.1. The molecule has 1 saturated carbocycles. The van der Waals surface area contributed by atoms with Crippen LogP contribution in [0.25, 0.3) is 0 Å². The van der Waals surface area contributed by atoms with Gasteiger partial charge >= 0.3 is 0 Å². The molecular weight excluding hydrogens is 112 g/mol. The van der Waals surface area contributed by atoms with Crippen molar-refractivity contribution < 1.29 is 4.79 Å². The second-order valence-corrected chi connectivity index (χ2v) is 3.09. The van der Waals surface area contributed by atoms with Crippen LogP contribution in [0.3, 0.4) is 0 Å². The summed E-state index contributed by atoms with van der Waals surface area (Å²) in [6, 6.07) is 0. The smallest absolute Gasteiger partial charge is 0.145 e. The summed E-state index contributed by atoms with van der Waals surface area (Å²) in [7, 11) is 0. The minimum atomic E-state index is -0.181. The van der Waals surface area contributed by atoms with Crippen LogP contribution in [-0.2, 0) is 4.79 Å². The molecule has 0 amide bonds. The lowest BCUT2D eigenvalue weighted by Crippen LogP contribution is -2.43. The molecule has 0 heterocycles. The number of Topliss-reactive ketones (excluding diaryl/α,β-unsaturated/α-hetero) is 1. The van der Waals surface area contributed by atoms with E-state index in [0.29, 0.717) is 5.78 Å². The van der Waals surface area contributed by atoms with Gasteiger partial charge in [-0.2, -0.15) is 0 Å². The molecule has 0 aromatic heterocycles. The molecule has 1 heteroatoms. The van der Waals surface area contributed by atoms with Crippen molar-refractivity contribution in [3.05, 3.63) is 12.7 Å². The molecule has 2 atom stereocenters. The molecular formula is C8H12O. The number of allylic oxidation sites excluding steroid dienone is 1. The Morgan fingerprint density at radius 3 is 2.56 bits per heavy atom. The lowest BCUT2D eigenvalue weighted by molar-refractivity contribution is -0.139. The first-order chi connectivity index (χ1) is 4.10. The van der Waals surface area contributed by atoms with E-state index in [9.17, 15) is 4.79 Å². The molecule has 9 heavy (non-hydrogen) atoms. The highest BCUT2D eigenvalue weighted by Gasteiger charge is 2.44. The summed E-state index contributed by atoms with van der Waals surface area (Å²) in [6.07, 6.45) is 2.74. The summed E-state index contributed by atoms with van der Waals surface area (Å²) in [4.78, 5) is 11.0. The van der Waals surface area contributed by atoms with Gasteiger partial charge in [-0.15, -0.1) is 6.58 Å². The van der Waals surface area contributed by atoms with E-state index in [1.807, 2.05) is 13.8 Å². The number of rotatable bonds is 1. The van der Waals surface area contributed by atoms with Crippen molar-refractivity contribution in [1.82, 2.24) is 0 Å². The molecule has 1 fully saturated rings. The van der Waals surface area contributed by atoms with Crippen molar-refractivity contribution in [3.8, 4) is 0 Å². The molecule has 0 bridgehead atoms. The molecule has 1 aliphatic rings. The molecule has 0 aliphatic heterocycles. The molecule has 0 saturated heterocycles. The van der Waals surface area contributed by atoms with Crippen LogP contribution in [0.5, 0.6) is 0 Å². The van der Waals surface area contributed by atoms with Crippen molar-refractivity contribution in [2.24, 2.45) is 11.3 Å². The fraction of sp³-hybridized carbons (Fsp3) is 0.625. The average molecular weight is 124 g/mol. The Morgan fingerprint density at radius 2 is 2.44 bits per heavy atom. The van der Waals surface area contributed by atoms with E-state index < -0.39 is 0 Å². The molecule has 1 aliphatic carbocycles. The number of hydrogen-bond acceptors (Lipinski definition) is 1. The zero-order chi connectivity index (χ0) is 7.07. The van der Waals surface area contributed by atoms with Gasteiger partial charge in [-0.1, -0.05) is 13.0 Å². The number of hydrogen-bond donors (Lipinski definition) is 0. The quantitative estimate of drug-likeness (QED) is 0.487. The van der Waals surface area contributed by atoms with Gasteiger partial charge in [-0.3, -0.25) is 4.79 Å². The maximum Gasteiger partial charge on any atom is 0.145 e. The number of ketones is 1. The van der Waals surface area contributed by atoms with Gasteiger partial charge in [0, 0.05) is 11.3 Å². The Hall–Kier alpha value is -0.590. The first-order valence-corrected chi connectivity index (χ1v) is 3.28. The van der Waals surface area contributed by atoms with Crippen molar-refractivity contribution in [1.29, 1.82) is 0 Å². The Kier molecular flexibility index (Phi) is 1.23. The van der Waals surface area contributed by atoms with Crippen LogP contribution in [0.1, 0.15) is 20.3 Å². The van der Waals surface area contributed by atoms with E-state index in [1.54, 1.807) is 6.08 Å². The van der Waals surface area contributed by atoms with Gasteiger partial charge in [0.1, 0.15) is 5.78 Å². The normalized spacial score (nSPS) is 42.0. The van der Waals surface area contributed by atoms with Crippen LogP contribution in [-0.4, -0.2) is 5.78 Å². The zero-order valence-corrected chi connectivity index (χ0v) is 5.98. The maximum atomic E-state index is 11.0. The van der Waals surface area contributed by atoms with E-state index in [2.05, 4.69) is 6.58 Å². The molecule has 1 nitrogen and oxygen atoms in total. The van der Waals surface area contributed by atoms with E-state index in [-0.39, 0.29) is 11.3 Å². The van der Waals surface area contributed by atoms with Crippen LogP contribution in [0.15, 0.2) is 12.7 Å².